The molecular formula is C22H23N3O3. The number of allylic oxidation sites excluding steroid dienone is 1. The Hall–Kier alpha value is -3.54. The predicted molar refractivity (Wildman–Crippen MR) is 109 cm³/mol. The zero-order valence-electron chi connectivity index (χ0n) is 16.0. The second-order valence-corrected chi connectivity index (χ2v) is 6.18. The lowest BCUT2D eigenvalue weighted by atomic mass is 10.0. The number of ether oxygens (including phenoxy) is 2. The first-order chi connectivity index (χ1) is 13.7. The fraction of sp³-hybridized carbons (Fsp3) is 0.182. The number of hydrogen-bond donors (Lipinski definition) is 1. The van der Waals surface area contributed by atoms with Gasteiger partial charge in [0.25, 0.3) is 5.91 Å². The maximum absolute atomic E-state index is 12.9. The number of hydrogen-bond acceptors (Lipinski definition) is 4. The molecule has 1 amide bonds. The monoisotopic (exact) mass is 377 g/mol. The van der Waals surface area contributed by atoms with Gasteiger partial charge in [0.1, 0.15) is 0 Å². The van der Waals surface area contributed by atoms with Crippen LogP contribution < -0.4 is 14.8 Å². The van der Waals surface area contributed by atoms with E-state index in [1.807, 2.05) is 41.2 Å². The fourth-order valence-electron chi connectivity index (χ4n) is 3.02. The molecule has 0 aliphatic heterocycles. The van der Waals surface area contributed by atoms with Crippen LogP contribution in [0.4, 0.5) is 5.69 Å². The van der Waals surface area contributed by atoms with E-state index in [1.165, 1.54) is 0 Å². The molecule has 3 aromatic rings. The fourth-order valence-corrected chi connectivity index (χ4v) is 3.02. The van der Waals surface area contributed by atoms with Gasteiger partial charge in [-0.2, -0.15) is 5.10 Å². The molecule has 3 rings (SSSR count). The van der Waals surface area contributed by atoms with Crippen LogP contribution in [-0.2, 0) is 13.0 Å². The first kappa shape index (κ1) is 19.2. The number of nitrogens with one attached hydrogen (secondary N) is 1. The van der Waals surface area contributed by atoms with Crippen LogP contribution in [0.3, 0.4) is 0 Å². The lowest BCUT2D eigenvalue weighted by Crippen LogP contribution is -2.15. The van der Waals surface area contributed by atoms with Gasteiger partial charge in [-0.15, -0.1) is 6.58 Å². The Morgan fingerprint density at radius 3 is 2.68 bits per heavy atom. The van der Waals surface area contributed by atoms with Gasteiger partial charge in [-0.3, -0.25) is 9.48 Å². The van der Waals surface area contributed by atoms with Gasteiger partial charge in [-0.25, -0.2) is 0 Å². The lowest BCUT2D eigenvalue weighted by Gasteiger charge is -2.15. The van der Waals surface area contributed by atoms with E-state index in [0.717, 1.165) is 16.8 Å². The summed E-state index contributed by atoms with van der Waals surface area (Å²) in [7, 11) is 3.13. The van der Waals surface area contributed by atoms with Crippen molar-refractivity contribution in [3.63, 3.8) is 0 Å². The zero-order valence-corrected chi connectivity index (χ0v) is 16.0. The van der Waals surface area contributed by atoms with E-state index >= 15 is 0 Å². The third-order valence-electron chi connectivity index (χ3n) is 4.34. The van der Waals surface area contributed by atoms with Crippen molar-refractivity contribution in [2.24, 2.45) is 0 Å². The number of benzene rings is 2. The Bertz CT molecular complexity index is 965. The van der Waals surface area contributed by atoms with Crippen LogP contribution in [0.25, 0.3) is 0 Å². The topological polar surface area (TPSA) is 65.4 Å². The summed E-state index contributed by atoms with van der Waals surface area (Å²) in [6.45, 7) is 4.34. The number of para-hydroxylation sites is 1. The number of anilines is 1. The van der Waals surface area contributed by atoms with Crippen molar-refractivity contribution in [2.75, 3.05) is 19.5 Å². The molecular weight excluding hydrogens is 354 g/mol. The highest BCUT2D eigenvalue weighted by Gasteiger charge is 2.16. The molecule has 0 fully saturated rings. The van der Waals surface area contributed by atoms with Crippen LogP contribution >= 0.6 is 0 Å². The second-order valence-electron chi connectivity index (χ2n) is 6.18. The second kappa shape index (κ2) is 8.90. The van der Waals surface area contributed by atoms with E-state index < -0.39 is 0 Å². The van der Waals surface area contributed by atoms with Gasteiger partial charge in [0, 0.05) is 29.2 Å². The minimum atomic E-state index is -0.223. The highest BCUT2D eigenvalue weighted by atomic mass is 16.5. The van der Waals surface area contributed by atoms with Crippen LogP contribution in [0.5, 0.6) is 11.5 Å². The summed E-state index contributed by atoms with van der Waals surface area (Å²) in [6.07, 6.45) is 5.94. The Morgan fingerprint density at radius 1 is 1.18 bits per heavy atom. The standard InChI is InChI=1S/C22H23N3O3/c1-4-8-16-13-18(14-20(27-2)21(16)28-3)22(26)24-19-10-6-5-9-17(19)15-25-12-7-11-23-25/h4-7,9-14H,1,8,15H2,2-3H3,(H,24,26). The van der Waals surface area contributed by atoms with Crippen LogP contribution in [0.15, 0.2) is 67.5 Å². The van der Waals surface area contributed by atoms with Crippen LogP contribution in [0, 0.1) is 0 Å². The van der Waals surface area contributed by atoms with Crippen molar-refractivity contribution in [3.8, 4) is 11.5 Å². The van der Waals surface area contributed by atoms with E-state index in [1.54, 1.807) is 38.6 Å². The molecule has 1 N–H and O–H groups in total. The summed E-state index contributed by atoms with van der Waals surface area (Å²) in [4.78, 5) is 12.9. The summed E-state index contributed by atoms with van der Waals surface area (Å²) >= 11 is 0. The molecule has 0 spiro atoms. The Kier molecular flexibility index (Phi) is 6.11. The summed E-state index contributed by atoms with van der Waals surface area (Å²) < 4.78 is 12.7. The minimum absolute atomic E-state index is 0.223. The molecule has 1 heterocycles. The SMILES string of the molecule is C=CCc1cc(C(=O)Nc2ccccc2Cn2cccn2)cc(OC)c1OC. The Morgan fingerprint density at radius 2 is 2.00 bits per heavy atom. The van der Waals surface area contributed by atoms with Crippen molar-refractivity contribution in [2.45, 2.75) is 13.0 Å². The summed E-state index contributed by atoms with van der Waals surface area (Å²) in [5.74, 6) is 0.897. The normalized spacial score (nSPS) is 10.4. The molecule has 0 saturated heterocycles. The third kappa shape index (κ3) is 4.23. The summed E-state index contributed by atoms with van der Waals surface area (Å²) in [5, 5.41) is 7.22. The number of carbonyl (C=O) groups is 1. The summed E-state index contributed by atoms with van der Waals surface area (Å²) in [5.41, 5.74) is 3.03. The molecule has 0 saturated carbocycles. The highest BCUT2D eigenvalue weighted by Crippen LogP contribution is 2.33. The Labute approximate surface area is 164 Å². The summed E-state index contributed by atoms with van der Waals surface area (Å²) in [6, 6.07) is 13.0. The maximum atomic E-state index is 12.9. The maximum Gasteiger partial charge on any atom is 0.255 e. The first-order valence-electron chi connectivity index (χ1n) is 8.88. The van der Waals surface area contributed by atoms with Gasteiger partial charge in [-0.05, 0) is 36.2 Å². The predicted octanol–water partition coefficient (Wildman–Crippen LogP) is 3.93. The van der Waals surface area contributed by atoms with Crippen molar-refractivity contribution in [1.82, 2.24) is 9.78 Å². The lowest BCUT2D eigenvalue weighted by molar-refractivity contribution is 0.102. The van der Waals surface area contributed by atoms with E-state index in [0.29, 0.717) is 30.0 Å². The molecule has 1 aromatic heterocycles. The van der Waals surface area contributed by atoms with E-state index in [4.69, 9.17) is 9.47 Å². The smallest absolute Gasteiger partial charge is 0.255 e. The van der Waals surface area contributed by atoms with E-state index in [-0.39, 0.29) is 5.91 Å². The molecule has 2 aromatic carbocycles. The molecule has 144 valence electrons. The number of methoxy groups -OCH3 is 2. The van der Waals surface area contributed by atoms with E-state index in [2.05, 4.69) is 17.0 Å². The van der Waals surface area contributed by atoms with Crippen molar-refractivity contribution in [1.29, 1.82) is 0 Å². The zero-order chi connectivity index (χ0) is 19.9. The quantitative estimate of drug-likeness (QED) is 0.604. The average Bonchev–Trinajstić information content (AvgIpc) is 3.22. The van der Waals surface area contributed by atoms with Gasteiger partial charge in [0.15, 0.2) is 11.5 Å². The molecule has 0 radical (unpaired) electrons. The van der Waals surface area contributed by atoms with Gasteiger partial charge >= 0.3 is 0 Å². The van der Waals surface area contributed by atoms with Gasteiger partial charge < -0.3 is 14.8 Å². The molecule has 0 unspecified atom stereocenters. The van der Waals surface area contributed by atoms with Crippen LogP contribution in [0.2, 0.25) is 0 Å². The molecule has 0 atom stereocenters. The van der Waals surface area contributed by atoms with Gasteiger partial charge in [0.05, 0.1) is 20.8 Å². The molecule has 0 bridgehead atoms. The highest BCUT2D eigenvalue weighted by molar-refractivity contribution is 6.05. The first-order valence-corrected chi connectivity index (χ1v) is 8.88. The number of carbonyl (C=O) groups excluding carboxylic acids is 1. The molecule has 6 nitrogen and oxygen atoms in total. The van der Waals surface area contributed by atoms with E-state index in [9.17, 15) is 4.79 Å². The van der Waals surface area contributed by atoms with Gasteiger partial charge in [0.2, 0.25) is 0 Å². The van der Waals surface area contributed by atoms with Crippen LogP contribution in [0.1, 0.15) is 21.5 Å². The van der Waals surface area contributed by atoms with Crippen molar-refractivity contribution < 1.29 is 14.3 Å². The van der Waals surface area contributed by atoms with Crippen molar-refractivity contribution in [3.05, 3.63) is 84.2 Å². The molecule has 0 aliphatic rings. The molecule has 6 heteroatoms. The number of aromatic nitrogens is 2. The number of rotatable bonds is 8. The number of amides is 1. The average molecular weight is 377 g/mol. The largest absolute Gasteiger partial charge is 0.493 e. The van der Waals surface area contributed by atoms with Gasteiger partial charge in [-0.1, -0.05) is 24.3 Å². The Balaban J connectivity index is 1.89. The van der Waals surface area contributed by atoms with Crippen LogP contribution in [-0.4, -0.2) is 29.9 Å². The number of nitrogens with zero attached hydrogens (tertiary/aromatic N) is 2. The minimum Gasteiger partial charge on any atom is -0.493 e. The molecule has 0 aliphatic carbocycles. The molecule has 28 heavy (non-hydrogen) atoms. The third-order valence-corrected chi connectivity index (χ3v) is 4.34. The van der Waals surface area contributed by atoms with Crippen molar-refractivity contribution >= 4 is 11.6 Å².